The molecule has 0 spiro atoms. The highest BCUT2D eigenvalue weighted by Crippen LogP contribution is 2.31. The highest BCUT2D eigenvalue weighted by atomic mass is 79.9. The second kappa shape index (κ2) is 23.5. The van der Waals surface area contributed by atoms with E-state index >= 15 is 0 Å². The predicted octanol–water partition coefficient (Wildman–Crippen LogP) is 4.53. The summed E-state index contributed by atoms with van der Waals surface area (Å²) in [5.41, 5.74) is 1.88. The molecule has 64 heavy (non-hydrogen) atoms. The minimum atomic E-state index is -1.24. The van der Waals surface area contributed by atoms with E-state index in [0.29, 0.717) is 35.7 Å². The molecule has 1 aromatic heterocycles. The SMILES string of the molecule is CCC(C)C(NC(=O)NC1CCCCNC(=O)C(Cc2ccc(Br)cc2)NC(=O)C(Cc2c[nH]c3cc(Cl)c(O)cc23)N(C)C(=O)C(CC(C)C)NC(=O)C(C(C)C)NC1=O)C(=O)O. The van der Waals surface area contributed by atoms with E-state index in [0.717, 1.165) is 10.0 Å². The van der Waals surface area contributed by atoms with Crippen LogP contribution < -0.4 is 31.9 Å². The number of carbonyl (C=O) groups excluding carboxylic acids is 6. The van der Waals surface area contributed by atoms with Crippen molar-refractivity contribution >= 4 is 80.0 Å². The van der Waals surface area contributed by atoms with E-state index in [1.165, 1.54) is 18.0 Å². The van der Waals surface area contributed by atoms with Gasteiger partial charge in [0.2, 0.25) is 29.5 Å². The number of aromatic hydroxyl groups is 1. The van der Waals surface area contributed by atoms with Crippen molar-refractivity contribution in [3.63, 3.8) is 0 Å². The summed E-state index contributed by atoms with van der Waals surface area (Å²) in [5.74, 6) is -5.59. The average molecular weight is 974 g/mol. The van der Waals surface area contributed by atoms with E-state index in [4.69, 9.17) is 11.6 Å². The van der Waals surface area contributed by atoms with E-state index in [9.17, 15) is 43.8 Å². The highest BCUT2D eigenvalue weighted by molar-refractivity contribution is 9.10. The number of aliphatic carboxylic acids is 1. The molecule has 4 rings (SSSR count). The van der Waals surface area contributed by atoms with Gasteiger partial charge in [0.1, 0.15) is 42.0 Å². The van der Waals surface area contributed by atoms with E-state index < -0.39 is 89.6 Å². The minimum absolute atomic E-state index is 0.0560. The fraction of sp³-hybridized carbons (Fsp3) is 0.533. The van der Waals surface area contributed by atoms with Crippen molar-refractivity contribution in [3.8, 4) is 5.75 Å². The van der Waals surface area contributed by atoms with Crippen molar-refractivity contribution in [2.45, 2.75) is 123 Å². The summed E-state index contributed by atoms with van der Waals surface area (Å²) in [5, 5.41) is 37.4. The second-order valence-electron chi connectivity index (χ2n) is 17.3. The molecule has 1 aliphatic rings. The van der Waals surface area contributed by atoms with Crippen molar-refractivity contribution in [3.05, 3.63) is 63.2 Å². The van der Waals surface area contributed by atoms with Crippen molar-refractivity contribution in [1.82, 2.24) is 41.8 Å². The Morgan fingerprint density at radius 2 is 1.58 bits per heavy atom. The van der Waals surface area contributed by atoms with Crippen LogP contribution in [-0.4, -0.2) is 111 Å². The maximum atomic E-state index is 14.7. The number of phenolic OH excluding ortho intramolecular Hbond substituents is 1. The number of benzene rings is 2. The van der Waals surface area contributed by atoms with Crippen LogP contribution in [0.3, 0.4) is 0 Å². The number of rotatable bonds is 12. The molecule has 350 valence electrons. The number of amides is 7. The van der Waals surface area contributed by atoms with Crippen LogP contribution in [0.5, 0.6) is 5.75 Å². The van der Waals surface area contributed by atoms with Gasteiger partial charge in [-0.25, -0.2) is 9.59 Å². The molecule has 7 atom stereocenters. The van der Waals surface area contributed by atoms with E-state index in [1.54, 1.807) is 40.0 Å². The van der Waals surface area contributed by atoms with Crippen molar-refractivity contribution in [2.24, 2.45) is 17.8 Å². The molecule has 3 aromatic rings. The molecule has 1 saturated heterocycles. The third kappa shape index (κ3) is 14.1. The lowest BCUT2D eigenvalue weighted by Crippen LogP contribution is -2.61. The zero-order chi connectivity index (χ0) is 47.4. The number of hydrogen-bond donors (Lipinski definition) is 9. The number of carbonyl (C=O) groups is 7. The smallest absolute Gasteiger partial charge is 0.326 e. The Kier molecular flexibility index (Phi) is 18.9. The van der Waals surface area contributed by atoms with Gasteiger partial charge < -0.3 is 52.0 Å². The molecular formula is C45H62BrClN8O9. The largest absolute Gasteiger partial charge is 0.506 e. The molecule has 0 radical (unpaired) electrons. The lowest BCUT2D eigenvalue weighted by molar-refractivity contribution is -0.143. The summed E-state index contributed by atoms with van der Waals surface area (Å²) in [7, 11) is 1.45. The van der Waals surface area contributed by atoms with Crippen molar-refractivity contribution < 1.29 is 43.8 Å². The number of urea groups is 1. The number of nitrogens with zero attached hydrogens (tertiary/aromatic N) is 1. The zero-order valence-corrected chi connectivity index (χ0v) is 39.7. The molecule has 2 heterocycles. The Hall–Kier alpha value is -5.36. The number of carboxylic acids is 1. The first kappa shape index (κ1) is 51.3. The Morgan fingerprint density at radius 3 is 2.20 bits per heavy atom. The lowest BCUT2D eigenvalue weighted by atomic mass is 9.97. The Labute approximate surface area is 387 Å². The number of fused-ring (bicyclic) bond motifs is 1. The van der Waals surface area contributed by atoms with Crippen molar-refractivity contribution in [2.75, 3.05) is 13.6 Å². The molecule has 2 aromatic carbocycles. The maximum Gasteiger partial charge on any atom is 0.326 e. The lowest BCUT2D eigenvalue weighted by Gasteiger charge is -2.33. The fourth-order valence-electron chi connectivity index (χ4n) is 7.55. The quantitative estimate of drug-likeness (QED) is 0.124. The number of carboxylic acid groups (broad SMARTS) is 1. The van der Waals surface area contributed by atoms with Crippen molar-refractivity contribution in [1.29, 1.82) is 0 Å². The van der Waals surface area contributed by atoms with E-state index in [1.807, 2.05) is 38.1 Å². The third-order valence-electron chi connectivity index (χ3n) is 11.5. The number of phenols is 1. The van der Waals surface area contributed by atoms with Gasteiger partial charge >= 0.3 is 12.0 Å². The van der Waals surface area contributed by atoms with E-state index in [2.05, 4.69) is 52.8 Å². The number of aromatic amines is 1. The highest BCUT2D eigenvalue weighted by Gasteiger charge is 2.37. The summed E-state index contributed by atoms with van der Waals surface area (Å²) in [6, 6.07) is 2.24. The average Bonchev–Trinajstić information content (AvgIpc) is 3.62. The first-order valence-corrected chi connectivity index (χ1v) is 22.9. The predicted molar refractivity (Wildman–Crippen MR) is 246 cm³/mol. The number of aromatic nitrogens is 1. The van der Waals surface area contributed by atoms with Gasteiger partial charge in [0.15, 0.2) is 0 Å². The van der Waals surface area contributed by atoms with Gasteiger partial charge in [0, 0.05) is 48.0 Å². The Morgan fingerprint density at radius 1 is 0.906 bits per heavy atom. The van der Waals surface area contributed by atoms with Crippen LogP contribution in [0.15, 0.2) is 47.1 Å². The number of hydrogen-bond acceptors (Lipinski definition) is 8. The number of H-pyrrole nitrogens is 1. The third-order valence-corrected chi connectivity index (χ3v) is 12.4. The molecule has 1 fully saturated rings. The van der Waals surface area contributed by atoms with Gasteiger partial charge in [0.25, 0.3) is 0 Å². The number of likely N-dealkylation sites (N-methyl/N-ethyl adjacent to an activating group) is 1. The Balaban J connectivity index is 1.76. The van der Waals surface area contributed by atoms with Crippen LogP contribution in [0, 0.1) is 17.8 Å². The summed E-state index contributed by atoms with van der Waals surface area (Å²) in [6.07, 6.45) is 2.99. The normalized spacial score (nSPS) is 22.1. The molecule has 9 N–H and O–H groups in total. The summed E-state index contributed by atoms with van der Waals surface area (Å²) < 4.78 is 0.815. The minimum Gasteiger partial charge on any atom is -0.506 e. The van der Waals surface area contributed by atoms with Gasteiger partial charge in [-0.15, -0.1) is 0 Å². The molecule has 0 bridgehead atoms. The van der Waals surface area contributed by atoms with Crippen LogP contribution in [0.1, 0.15) is 84.8 Å². The standard InChI is InChI=1S/C45H62BrClN8O9/c1-8-25(6)38(44(62)63)54-45(64)52-31-11-9-10-16-48-39(57)33(18-26-12-14-28(46)15-13-26)50-41(59)35(19-27-22-49-32-21-30(47)36(56)20-29(27)32)55(7)43(61)34(17-23(2)3)51-42(60)37(24(4)5)53-40(31)58/h12-15,20-25,31,33-35,37-38,49,56H,8-11,16-19H2,1-7H3,(H,48,57)(H,50,59)(H,51,60)(H,53,58)(H,62,63)(H2,52,54,64). The topological polar surface area (TPSA) is 251 Å². The van der Waals surface area contributed by atoms with Crippen LogP contribution in [-0.2, 0) is 41.6 Å². The van der Waals surface area contributed by atoms with Crippen LogP contribution in [0.2, 0.25) is 5.02 Å². The Bertz CT molecular complexity index is 2150. The first-order valence-electron chi connectivity index (χ1n) is 21.7. The zero-order valence-electron chi connectivity index (χ0n) is 37.3. The molecule has 0 aliphatic carbocycles. The monoisotopic (exact) mass is 972 g/mol. The molecule has 0 saturated carbocycles. The van der Waals surface area contributed by atoms with Crippen LogP contribution in [0.25, 0.3) is 10.9 Å². The summed E-state index contributed by atoms with van der Waals surface area (Å²) >= 11 is 9.62. The van der Waals surface area contributed by atoms with Gasteiger partial charge in [-0.2, -0.15) is 0 Å². The van der Waals surface area contributed by atoms with Gasteiger partial charge in [0.05, 0.1) is 5.02 Å². The van der Waals surface area contributed by atoms with Gasteiger partial charge in [-0.3, -0.25) is 24.0 Å². The summed E-state index contributed by atoms with van der Waals surface area (Å²) in [4.78, 5) is 101. The van der Waals surface area contributed by atoms with Gasteiger partial charge in [-0.1, -0.05) is 87.6 Å². The molecular weight excluding hydrogens is 912 g/mol. The summed E-state index contributed by atoms with van der Waals surface area (Å²) in [6.45, 7) is 10.8. The number of halogens is 2. The van der Waals surface area contributed by atoms with Gasteiger partial charge in [-0.05, 0) is 78.8 Å². The fourth-order valence-corrected chi connectivity index (χ4v) is 7.98. The molecule has 17 nitrogen and oxygen atoms in total. The maximum absolute atomic E-state index is 14.7. The second-order valence-corrected chi connectivity index (χ2v) is 18.6. The van der Waals surface area contributed by atoms with Crippen LogP contribution >= 0.6 is 27.5 Å². The molecule has 7 amide bonds. The molecule has 19 heteroatoms. The van der Waals surface area contributed by atoms with Crippen LogP contribution in [0.4, 0.5) is 4.79 Å². The first-order chi connectivity index (χ1) is 30.2. The van der Waals surface area contributed by atoms with E-state index in [-0.39, 0.29) is 48.9 Å². The molecule has 7 unspecified atom stereocenters. The molecule has 1 aliphatic heterocycles. The number of nitrogens with one attached hydrogen (secondary N) is 7.